The second kappa shape index (κ2) is 7.48. The van der Waals surface area contributed by atoms with Crippen molar-refractivity contribution in [2.45, 2.75) is 37.6 Å². The van der Waals surface area contributed by atoms with Crippen molar-refractivity contribution in [3.8, 4) is 0 Å². The first kappa shape index (κ1) is 16.8. The first-order valence-corrected chi connectivity index (χ1v) is 8.69. The number of halogens is 2. The zero-order valence-corrected chi connectivity index (χ0v) is 13.4. The fourth-order valence-electron chi connectivity index (χ4n) is 1.71. The van der Waals surface area contributed by atoms with E-state index >= 15 is 0 Å². The first-order chi connectivity index (χ1) is 8.88. The summed E-state index contributed by atoms with van der Waals surface area (Å²) in [6.45, 7) is 4.92. The molecule has 1 aromatic carbocycles. The molecule has 0 heterocycles. The van der Waals surface area contributed by atoms with E-state index in [-0.39, 0.29) is 26.7 Å². The van der Waals surface area contributed by atoms with Gasteiger partial charge in [0.2, 0.25) is 0 Å². The standard InChI is InChI=1S/C13H19Cl2NO2S/c1-3-8-16-10(2)7-9-19(17,18)13-11(14)5-4-6-12(13)15/h4-6,10,16H,3,7-9H2,1-2H3. The second-order valence-electron chi connectivity index (χ2n) is 4.51. The molecule has 0 spiro atoms. The molecule has 1 aromatic rings. The summed E-state index contributed by atoms with van der Waals surface area (Å²) in [7, 11) is -3.45. The highest BCUT2D eigenvalue weighted by Crippen LogP contribution is 2.30. The molecule has 0 fully saturated rings. The van der Waals surface area contributed by atoms with Crippen LogP contribution in [0.25, 0.3) is 0 Å². The van der Waals surface area contributed by atoms with Gasteiger partial charge in [0.05, 0.1) is 15.8 Å². The Hall–Kier alpha value is -0.290. The van der Waals surface area contributed by atoms with Crippen LogP contribution in [-0.2, 0) is 9.84 Å². The van der Waals surface area contributed by atoms with Crippen molar-refractivity contribution in [1.29, 1.82) is 0 Å². The molecule has 1 rings (SSSR count). The zero-order valence-electron chi connectivity index (χ0n) is 11.1. The normalized spacial score (nSPS) is 13.5. The van der Waals surface area contributed by atoms with Gasteiger partial charge in [-0.05, 0) is 38.4 Å². The van der Waals surface area contributed by atoms with Crippen LogP contribution >= 0.6 is 23.2 Å². The number of hydrogen-bond acceptors (Lipinski definition) is 3. The van der Waals surface area contributed by atoms with Gasteiger partial charge < -0.3 is 5.32 Å². The van der Waals surface area contributed by atoms with Gasteiger partial charge in [0.25, 0.3) is 0 Å². The van der Waals surface area contributed by atoms with Crippen LogP contribution in [0.3, 0.4) is 0 Å². The maximum atomic E-state index is 12.3. The number of benzene rings is 1. The lowest BCUT2D eigenvalue weighted by atomic mass is 10.2. The predicted molar refractivity (Wildman–Crippen MR) is 80.9 cm³/mol. The fourth-order valence-corrected chi connectivity index (χ4v) is 4.41. The van der Waals surface area contributed by atoms with Crippen LogP contribution in [0.1, 0.15) is 26.7 Å². The van der Waals surface area contributed by atoms with Gasteiger partial charge in [-0.2, -0.15) is 0 Å². The van der Waals surface area contributed by atoms with Crippen LogP contribution < -0.4 is 5.32 Å². The Kier molecular flexibility index (Phi) is 6.60. The molecular formula is C13H19Cl2NO2S. The average molecular weight is 324 g/mol. The van der Waals surface area contributed by atoms with Crippen molar-refractivity contribution in [2.24, 2.45) is 0 Å². The highest BCUT2D eigenvalue weighted by molar-refractivity contribution is 7.91. The smallest absolute Gasteiger partial charge is 0.181 e. The molecule has 0 radical (unpaired) electrons. The summed E-state index contributed by atoms with van der Waals surface area (Å²) in [5, 5.41) is 3.62. The topological polar surface area (TPSA) is 46.2 Å². The average Bonchev–Trinajstić information content (AvgIpc) is 2.33. The molecular weight excluding hydrogens is 305 g/mol. The van der Waals surface area contributed by atoms with Crippen LogP contribution in [0.5, 0.6) is 0 Å². The summed E-state index contributed by atoms with van der Waals surface area (Å²) in [6.07, 6.45) is 1.55. The minimum absolute atomic E-state index is 0.0360. The highest BCUT2D eigenvalue weighted by Gasteiger charge is 2.22. The molecule has 108 valence electrons. The number of sulfone groups is 1. The van der Waals surface area contributed by atoms with Crippen molar-refractivity contribution in [2.75, 3.05) is 12.3 Å². The molecule has 0 saturated carbocycles. The quantitative estimate of drug-likeness (QED) is 0.834. The van der Waals surface area contributed by atoms with E-state index in [0.717, 1.165) is 13.0 Å². The molecule has 0 aromatic heterocycles. The number of rotatable bonds is 7. The number of hydrogen-bond donors (Lipinski definition) is 1. The third kappa shape index (κ3) is 4.95. The Morgan fingerprint density at radius 3 is 2.37 bits per heavy atom. The van der Waals surface area contributed by atoms with Crippen LogP contribution in [-0.4, -0.2) is 26.8 Å². The van der Waals surface area contributed by atoms with Crippen LogP contribution in [0.4, 0.5) is 0 Å². The van der Waals surface area contributed by atoms with Crippen molar-refractivity contribution < 1.29 is 8.42 Å². The van der Waals surface area contributed by atoms with Gasteiger partial charge >= 0.3 is 0 Å². The second-order valence-corrected chi connectivity index (χ2v) is 7.37. The summed E-state index contributed by atoms with van der Waals surface area (Å²) in [5.74, 6) is 0.0360. The van der Waals surface area contributed by atoms with Crippen molar-refractivity contribution in [3.63, 3.8) is 0 Å². The van der Waals surface area contributed by atoms with E-state index < -0.39 is 9.84 Å². The van der Waals surface area contributed by atoms with E-state index in [0.29, 0.717) is 6.42 Å². The van der Waals surface area contributed by atoms with Gasteiger partial charge in [0.1, 0.15) is 4.90 Å². The molecule has 6 heteroatoms. The van der Waals surface area contributed by atoms with Gasteiger partial charge in [-0.25, -0.2) is 8.42 Å². The van der Waals surface area contributed by atoms with E-state index in [9.17, 15) is 8.42 Å². The zero-order chi connectivity index (χ0) is 14.5. The Bertz CT molecular complexity index is 497. The molecule has 0 saturated heterocycles. The largest absolute Gasteiger partial charge is 0.314 e. The van der Waals surface area contributed by atoms with Crippen LogP contribution in [0.2, 0.25) is 10.0 Å². The van der Waals surface area contributed by atoms with Gasteiger partial charge in [0, 0.05) is 6.04 Å². The molecule has 1 unspecified atom stereocenters. The van der Waals surface area contributed by atoms with E-state index in [1.807, 2.05) is 6.92 Å². The molecule has 0 bridgehead atoms. The van der Waals surface area contributed by atoms with Crippen molar-refractivity contribution in [3.05, 3.63) is 28.2 Å². The third-order valence-electron chi connectivity index (χ3n) is 2.79. The summed E-state index contributed by atoms with van der Waals surface area (Å²) >= 11 is 11.9. The van der Waals surface area contributed by atoms with Gasteiger partial charge in [-0.3, -0.25) is 0 Å². The molecule has 0 aliphatic rings. The molecule has 0 aliphatic heterocycles. The van der Waals surface area contributed by atoms with E-state index in [1.54, 1.807) is 18.2 Å². The maximum absolute atomic E-state index is 12.3. The Balaban J connectivity index is 2.77. The monoisotopic (exact) mass is 323 g/mol. The lowest BCUT2D eigenvalue weighted by molar-refractivity contribution is 0.525. The third-order valence-corrected chi connectivity index (χ3v) is 5.48. The molecule has 19 heavy (non-hydrogen) atoms. The Morgan fingerprint density at radius 2 is 1.84 bits per heavy atom. The first-order valence-electron chi connectivity index (χ1n) is 6.28. The van der Waals surface area contributed by atoms with Crippen molar-refractivity contribution >= 4 is 33.0 Å². The van der Waals surface area contributed by atoms with E-state index in [1.165, 1.54) is 0 Å². The van der Waals surface area contributed by atoms with Gasteiger partial charge in [-0.15, -0.1) is 0 Å². The van der Waals surface area contributed by atoms with Gasteiger partial charge in [0.15, 0.2) is 9.84 Å². The lowest BCUT2D eigenvalue weighted by Crippen LogP contribution is -2.29. The summed E-state index contributed by atoms with van der Waals surface area (Å²) in [6, 6.07) is 4.86. The van der Waals surface area contributed by atoms with Crippen LogP contribution in [0, 0.1) is 0 Å². The van der Waals surface area contributed by atoms with Gasteiger partial charge in [-0.1, -0.05) is 36.2 Å². The molecule has 1 atom stereocenters. The molecule has 3 nitrogen and oxygen atoms in total. The SMILES string of the molecule is CCCNC(C)CCS(=O)(=O)c1c(Cl)cccc1Cl. The lowest BCUT2D eigenvalue weighted by Gasteiger charge is -2.14. The molecule has 0 amide bonds. The summed E-state index contributed by atoms with van der Waals surface area (Å²) in [5.41, 5.74) is 0. The minimum atomic E-state index is -3.45. The molecule has 0 aliphatic carbocycles. The number of nitrogens with one attached hydrogen (secondary N) is 1. The van der Waals surface area contributed by atoms with Crippen molar-refractivity contribution in [1.82, 2.24) is 5.32 Å². The summed E-state index contributed by atoms with van der Waals surface area (Å²) < 4.78 is 24.5. The highest BCUT2D eigenvalue weighted by atomic mass is 35.5. The summed E-state index contributed by atoms with van der Waals surface area (Å²) in [4.78, 5) is 0.0426. The van der Waals surface area contributed by atoms with E-state index in [4.69, 9.17) is 23.2 Å². The fraction of sp³-hybridized carbons (Fsp3) is 0.538. The Morgan fingerprint density at radius 1 is 1.26 bits per heavy atom. The maximum Gasteiger partial charge on any atom is 0.181 e. The van der Waals surface area contributed by atoms with E-state index in [2.05, 4.69) is 12.2 Å². The van der Waals surface area contributed by atoms with Crippen LogP contribution in [0.15, 0.2) is 23.1 Å². The predicted octanol–water partition coefficient (Wildman–Crippen LogP) is 3.55. The molecule has 1 N–H and O–H groups in total. The minimum Gasteiger partial charge on any atom is -0.314 e. The Labute approximate surface area is 125 Å².